The van der Waals surface area contributed by atoms with Gasteiger partial charge in [0.25, 0.3) is 0 Å². The Morgan fingerprint density at radius 2 is 1.08 bits per heavy atom. The van der Waals surface area contributed by atoms with Crippen molar-refractivity contribution in [2.75, 3.05) is 13.2 Å². The van der Waals surface area contributed by atoms with Crippen LogP contribution in [0.5, 0.6) is 0 Å². The molecule has 6 nitrogen and oxygen atoms in total. The van der Waals surface area contributed by atoms with Crippen molar-refractivity contribution in [3.63, 3.8) is 0 Å². The van der Waals surface area contributed by atoms with Crippen molar-refractivity contribution in [3.8, 4) is 0 Å². The summed E-state index contributed by atoms with van der Waals surface area (Å²) in [5.41, 5.74) is 0.946. The Morgan fingerprint density at radius 3 is 1.46 bits per heavy atom. The summed E-state index contributed by atoms with van der Waals surface area (Å²) in [6.07, 6.45) is -1.91. The summed E-state index contributed by atoms with van der Waals surface area (Å²) >= 11 is 0. The summed E-state index contributed by atoms with van der Waals surface area (Å²) in [6, 6.07) is 17.5. The highest BCUT2D eigenvalue weighted by atomic mass is 16.7. The first-order valence-corrected chi connectivity index (χ1v) is 8.47. The monoisotopic (exact) mass is 354 g/mol. The molecule has 0 aromatic heterocycles. The molecule has 0 amide bonds. The van der Waals surface area contributed by atoms with E-state index in [1.807, 2.05) is 12.1 Å². The van der Waals surface area contributed by atoms with E-state index in [4.69, 9.17) is 18.9 Å². The molecule has 6 heteroatoms. The fraction of sp³-hybridized carbons (Fsp3) is 0.300. The SMILES string of the molecule is O=C(O[C@@H]1CO[C@@H]2[C@H]1OC[C@H]2OC(=O)c1ccccc1)c1ccccc1. The van der Waals surface area contributed by atoms with Gasteiger partial charge in [-0.1, -0.05) is 36.4 Å². The van der Waals surface area contributed by atoms with Crippen LogP contribution >= 0.6 is 0 Å². The molecule has 2 saturated heterocycles. The third-order valence-electron chi connectivity index (χ3n) is 4.50. The highest BCUT2D eigenvalue weighted by Gasteiger charge is 2.51. The predicted octanol–water partition coefficient (Wildman–Crippen LogP) is 2.24. The van der Waals surface area contributed by atoms with Gasteiger partial charge in [-0.2, -0.15) is 0 Å². The van der Waals surface area contributed by atoms with Crippen LogP contribution in [-0.4, -0.2) is 49.6 Å². The summed E-state index contributed by atoms with van der Waals surface area (Å²) in [5, 5.41) is 0. The van der Waals surface area contributed by atoms with Gasteiger partial charge >= 0.3 is 11.9 Å². The molecule has 2 aliphatic heterocycles. The van der Waals surface area contributed by atoms with Crippen molar-refractivity contribution in [1.29, 1.82) is 0 Å². The van der Waals surface area contributed by atoms with Crippen molar-refractivity contribution in [3.05, 3.63) is 71.8 Å². The third kappa shape index (κ3) is 3.34. The van der Waals surface area contributed by atoms with Gasteiger partial charge in [0, 0.05) is 0 Å². The van der Waals surface area contributed by atoms with E-state index in [2.05, 4.69) is 0 Å². The number of ether oxygens (including phenoxy) is 4. The summed E-state index contributed by atoms with van der Waals surface area (Å²) in [5.74, 6) is -0.846. The lowest BCUT2D eigenvalue weighted by Crippen LogP contribution is -2.36. The van der Waals surface area contributed by atoms with Crippen LogP contribution in [0, 0.1) is 0 Å². The molecule has 26 heavy (non-hydrogen) atoms. The van der Waals surface area contributed by atoms with Crippen LogP contribution < -0.4 is 0 Å². The summed E-state index contributed by atoms with van der Waals surface area (Å²) in [4.78, 5) is 24.4. The number of esters is 2. The maximum atomic E-state index is 12.2. The van der Waals surface area contributed by atoms with Crippen LogP contribution in [-0.2, 0) is 18.9 Å². The Hall–Kier alpha value is -2.70. The number of carbonyl (C=O) groups excluding carboxylic acids is 2. The first-order chi connectivity index (χ1) is 12.7. The van der Waals surface area contributed by atoms with Gasteiger partial charge < -0.3 is 18.9 Å². The fourth-order valence-electron chi connectivity index (χ4n) is 3.19. The number of rotatable bonds is 4. The minimum atomic E-state index is -0.520. The van der Waals surface area contributed by atoms with E-state index in [0.717, 1.165) is 0 Å². The number of hydrogen-bond acceptors (Lipinski definition) is 6. The topological polar surface area (TPSA) is 71.1 Å². The molecule has 134 valence electrons. The maximum absolute atomic E-state index is 12.2. The lowest BCUT2D eigenvalue weighted by atomic mass is 10.1. The van der Waals surface area contributed by atoms with Crippen molar-refractivity contribution in [2.24, 2.45) is 0 Å². The van der Waals surface area contributed by atoms with Gasteiger partial charge in [-0.05, 0) is 24.3 Å². The molecular weight excluding hydrogens is 336 g/mol. The lowest BCUT2D eigenvalue weighted by molar-refractivity contribution is -0.0287. The normalized spacial score (nSPS) is 26.9. The molecule has 0 bridgehead atoms. The van der Waals surface area contributed by atoms with Crippen molar-refractivity contribution >= 4 is 11.9 Å². The van der Waals surface area contributed by atoms with E-state index in [1.165, 1.54) is 0 Å². The Labute approximate surface area is 150 Å². The first kappa shape index (κ1) is 16.8. The van der Waals surface area contributed by atoms with E-state index >= 15 is 0 Å². The van der Waals surface area contributed by atoms with Gasteiger partial charge in [0.05, 0.1) is 24.3 Å². The largest absolute Gasteiger partial charge is 0.453 e. The zero-order valence-corrected chi connectivity index (χ0v) is 13.9. The second-order valence-electron chi connectivity index (χ2n) is 6.22. The van der Waals surface area contributed by atoms with Gasteiger partial charge in [-0.25, -0.2) is 9.59 Å². The Bertz CT molecular complexity index is 708. The molecule has 0 radical (unpaired) electrons. The van der Waals surface area contributed by atoms with E-state index in [1.54, 1.807) is 48.5 Å². The second-order valence-corrected chi connectivity index (χ2v) is 6.22. The molecule has 2 aliphatic rings. The summed E-state index contributed by atoms with van der Waals surface area (Å²) < 4.78 is 22.4. The van der Waals surface area contributed by atoms with Gasteiger partial charge in [-0.3, -0.25) is 0 Å². The van der Waals surface area contributed by atoms with Gasteiger partial charge in [0.15, 0.2) is 12.2 Å². The van der Waals surface area contributed by atoms with Crippen molar-refractivity contribution in [1.82, 2.24) is 0 Å². The van der Waals surface area contributed by atoms with Crippen LogP contribution in [0.25, 0.3) is 0 Å². The molecule has 0 aliphatic carbocycles. The van der Waals surface area contributed by atoms with E-state index in [-0.39, 0.29) is 13.2 Å². The van der Waals surface area contributed by atoms with Gasteiger partial charge in [0.1, 0.15) is 12.2 Å². The van der Waals surface area contributed by atoms with Gasteiger partial charge in [-0.15, -0.1) is 0 Å². The maximum Gasteiger partial charge on any atom is 0.338 e. The van der Waals surface area contributed by atoms with Crippen LogP contribution in [0.1, 0.15) is 20.7 Å². The zero-order valence-electron chi connectivity index (χ0n) is 13.9. The standard InChI is InChI=1S/C20H18O6/c21-19(13-7-3-1-4-8-13)25-15-11-23-18-16(12-24-17(15)18)26-20(22)14-9-5-2-6-10-14/h1-10,15-18H,11-12H2/t15-,16-,17+,18+/m1/s1. The number of hydrogen-bond donors (Lipinski definition) is 0. The molecule has 0 N–H and O–H groups in total. The number of fused-ring (bicyclic) bond motifs is 1. The summed E-state index contributed by atoms with van der Waals surface area (Å²) in [6.45, 7) is 0.431. The lowest BCUT2D eigenvalue weighted by Gasteiger charge is -2.17. The molecule has 0 unspecified atom stereocenters. The first-order valence-electron chi connectivity index (χ1n) is 8.47. The van der Waals surface area contributed by atoms with Crippen LogP contribution in [0.4, 0.5) is 0 Å². The molecular formula is C20H18O6. The van der Waals surface area contributed by atoms with Crippen LogP contribution in [0.15, 0.2) is 60.7 Å². The molecule has 2 fully saturated rings. The summed E-state index contributed by atoms with van der Waals surface area (Å²) in [7, 11) is 0. The van der Waals surface area contributed by atoms with E-state index in [0.29, 0.717) is 11.1 Å². The minimum absolute atomic E-state index is 0.216. The Balaban J connectivity index is 1.37. The smallest absolute Gasteiger partial charge is 0.338 e. The Kier molecular flexibility index (Phi) is 4.69. The molecule has 0 spiro atoms. The van der Waals surface area contributed by atoms with E-state index in [9.17, 15) is 9.59 Å². The molecule has 2 aromatic rings. The molecule has 4 rings (SSSR count). The highest BCUT2D eigenvalue weighted by molar-refractivity contribution is 5.90. The Morgan fingerprint density at radius 1 is 0.692 bits per heavy atom. The fourth-order valence-corrected chi connectivity index (χ4v) is 3.19. The third-order valence-corrected chi connectivity index (χ3v) is 4.50. The quantitative estimate of drug-likeness (QED) is 0.784. The molecule has 0 saturated carbocycles. The van der Waals surface area contributed by atoms with Crippen molar-refractivity contribution < 1.29 is 28.5 Å². The second kappa shape index (κ2) is 7.27. The minimum Gasteiger partial charge on any atom is -0.453 e. The highest BCUT2D eigenvalue weighted by Crippen LogP contribution is 2.31. The number of benzene rings is 2. The molecule has 4 atom stereocenters. The number of carbonyl (C=O) groups is 2. The van der Waals surface area contributed by atoms with Crippen LogP contribution in [0.2, 0.25) is 0 Å². The van der Waals surface area contributed by atoms with Crippen LogP contribution in [0.3, 0.4) is 0 Å². The molecule has 2 heterocycles. The zero-order chi connectivity index (χ0) is 17.9. The molecule has 2 aromatic carbocycles. The average molecular weight is 354 g/mol. The van der Waals surface area contributed by atoms with E-state index < -0.39 is 36.4 Å². The van der Waals surface area contributed by atoms with Gasteiger partial charge in [0.2, 0.25) is 0 Å². The predicted molar refractivity (Wildman–Crippen MR) is 90.8 cm³/mol. The average Bonchev–Trinajstić information content (AvgIpc) is 3.27. The van der Waals surface area contributed by atoms with Crippen molar-refractivity contribution in [2.45, 2.75) is 24.4 Å².